The standard InChI is InChI=1S/C10H16N4O2/c1-7(15)6-14(2)9-4-3-8(5-12-9)10(11)13-16/h3-5,7,15-16H,6H2,1-2H3,(H2,11,13). The molecule has 0 fully saturated rings. The van der Waals surface area contributed by atoms with Crippen LogP contribution in [0.4, 0.5) is 5.82 Å². The Kier molecular flexibility index (Phi) is 4.07. The van der Waals surface area contributed by atoms with Gasteiger partial charge in [-0.15, -0.1) is 0 Å². The molecule has 0 aliphatic rings. The Labute approximate surface area is 94.0 Å². The highest BCUT2D eigenvalue weighted by molar-refractivity contribution is 5.96. The summed E-state index contributed by atoms with van der Waals surface area (Å²) in [6, 6.07) is 3.45. The summed E-state index contributed by atoms with van der Waals surface area (Å²) in [5.74, 6) is 0.743. The number of hydrogen-bond acceptors (Lipinski definition) is 5. The molecular weight excluding hydrogens is 208 g/mol. The molecule has 16 heavy (non-hydrogen) atoms. The maximum Gasteiger partial charge on any atom is 0.171 e. The van der Waals surface area contributed by atoms with E-state index in [9.17, 15) is 5.11 Å². The Morgan fingerprint density at radius 3 is 2.75 bits per heavy atom. The molecule has 0 aliphatic heterocycles. The number of pyridine rings is 1. The van der Waals surface area contributed by atoms with Gasteiger partial charge in [-0.3, -0.25) is 0 Å². The van der Waals surface area contributed by atoms with Crippen LogP contribution in [-0.4, -0.2) is 40.8 Å². The van der Waals surface area contributed by atoms with E-state index in [1.807, 2.05) is 11.9 Å². The summed E-state index contributed by atoms with van der Waals surface area (Å²) in [6.45, 7) is 2.21. The quantitative estimate of drug-likeness (QED) is 0.289. The fourth-order valence-corrected chi connectivity index (χ4v) is 1.31. The topological polar surface area (TPSA) is 95.0 Å². The Morgan fingerprint density at radius 2 is 2.31 bits per heavy atom. The maximum absolute atomic E-state index is 9.22. The van der Waals surface area contributed by atoms with Gasteiger partial charge in [0.25, 0.3) is 0 Å². The Morgan fingerprint density at radius 1 is 1.62 bits per heavy atom. The lowest BCUT2D eigenvalue weighted by Gasteiger charge is -2.19. The molecule has 0 amide bonds. The molecule has 0 saturated heterocycles. The summed E-state index contributed by atoms with van der Waals surface area (Å²) in [7, 11) is 1.83. The summed E-state index contributed by atoms with van der Waals surface area (Å²) < 4.78 is 0. The van der Waals surface area contributed by atoms with Gasteiger partial charge in [0.2, 0.25) is 0 Å². The molecule has 0 bridgehead atoms. The lowest BCUT2D eigenvalue weighted by atomic mass is 10.2. The third kappa shape index (κ3) is 3.09. The summed E-state index contributed by atoms with van der Waals surface area (Å²) in [6.07, 6.45) is 1.10. The van der Waals surface area contributed by atoms with Crippen LogP contribution in [0.2, 0.25) is 0 Å². The molecule has 1 heterocycles. The van der Waals surface area contributed by atoms with Crippen LogP contribution < -0.4 is 10.6 Å². The van der Waals surface area contributed by atoms with E-state index in [0.717, 1.165) is 5.82 Å². The van der Waals surface area contributed by atoms with E-state index in [-0.39, 0.29) is 5.84 Å². The Bertz CT molecular complexity index is 362. The first-order valence-electron chi connectivity index (χ1n) is 4.87. The van der Waals surface area contributed by atoms with Crippen LogP contribution in [-0.2, 0) is 0 Å². The number of aliphatic hydroxyl groups is 1. The molecule has 1 aromatic heterocycles. The lowest BCUT2D eigenvalue weighted by Crippen LogP contribution is -2.27. The van der Waals surface area contributed by atoms with Gasteiger partial charge in [0.05, 0.1) is 6.10 Å². The monoisotopic (exact) mass is 224 g/mol. The first kappa shape index (κ1) is 12.3. The zero-order valence-corrected chi connectivity index (χ0v) is 9.33. The largest absolute Gasteiger partial charge is 0.409 e. The van der Waals surface area contributed by atoms with E-state index in [4.69, 9.17) is 10.9 Å². The molecule has 0 spiro atoms. The summed E-state index contributed by atoms with van der Waals surface area (Å²) >= 11 is 0. The number of nitrogens with zero attached hydrogens (tertiary/aromatic N) is 3. The van der Waals surface area contributed by atoms with Crippen LogP contribution in [0.3, 0.4) is 0 Å². The normalized spacial score (nSPS) is 13.6. The van der Waals surface area contributed by atoms with Gasteiger partial charge in [-0.1, -0.05) is 5.16 Å². The number of anilines is 1. The van der Waals surface area contributed by atoms with Crippen LogP contribution in [0.5, 0.6) is 0 Å². The van der Waals surface area contributed by atoms with Gasteiger partial charge in [0.1, 0.15) is 5.82 Å². The minimum absolute atomic E-state index is 0.0252. The molecule has 0 radical (unpaired) electrons. The van der Waals surface area contributed by atoms with Gasteiger partial charge in [-0.05, 0) is 19.1 Å². The van der Waals surface area contributed by atoms with Crippen molar-refractivity contribution >= 4 is 11.7 Å². The average molecular weight is 224 g/mol. The number of oxime groups is 1. The van der Waals surface area contributed by atoms with Crippen molar-refractivity contribution in [2.24, 2.45) is 10.9 Å². The van der Waals surface area contributed by atoms with Crippen molar-refractivity contribution in [3.05, 3.63) is 23.9 Å². The first-order valence-corrected chi connectivity index (χ1v) is 4.87. The number of nitrogens with two attached hydrogens (primary N) is 1. The van der Waals surface area contributed by atoms with Gasteiger partial charge in [-0.25, -0.2) is 4.98 Å². The van der Waals surface area contributed by atoms with Crippen molar-refractivity contribution in [2.45, 2.75) is 13.0 Å². The molecule has 1 unspecified atom stereocenters. The van der Waals surface area contributed by atoms with Gasteiger partial charge in [0, 0.05) is 25.4 Å². The molecule has 1 aromatic rings. The van der Waals surface area contributed by atoms with Crippen molar-refractivity contribution < 1.29 is 10.3 Å². The third-order valence-electron chi connectivity index (χ3n) is 2.08. The van der Waals surface area contributed by atoms with Gasteiger partial charge in [-0.2, -0.15) is 0 Å². The summed E-state index contributed by atoms with van der Waals surface area (Å²) in [4.78, 5) is 5.96. The predicted molar refractivity (Wildman–Crippen MR) is 61.7 cm³/mol. The van der Waals surface area contributed by atoms with Gasteiger partial charge < -0.3 is 20.9 Å². The number of hydrogen-bond donors (Lipinski definition) is 3. The van der Waals surface area contributed by atoms with Crippen LogP contribution in [0.1, 0.15) is 12.5 Å². The van der Waals surface area contributed by atoms with Crippen molar-refractivity contribution in [3.8, 4) is 0 Å². The van der Waals surface area contributed by atoms with Crippen LogP contribution in [0.25, 0.3) is 0 Å². The molecule has 1 atom stereocenters. The van der Waals surface area contributed by atoms with Crippen LogP contribution in [0, 0.1) is 0 Å². The summed E-state index contributed by atoms with van der Waals surface area (Å²) in [5, 5.41) is 20.6. The minimum atomic E-state index is -0.421. The van der Waals surface area contributed by atoms with E-state index in [1.165, 1.54) is 6.20 Å². The molecule has 4 N–H and O–H groups in total. The second-order valence-electron chi connectivity index (χ2n) is 3.62. The molecular formula is C10H16N4O2. The van der Waals surface area contributed by atoms with E-state index in [1.54, 1.807) is 19.1 Å². The number of aromatic nitrogens is 1. The smallest absolute Gasteiger partial charge is 0.171 e. The van der Waals surface area contributed by atoms with Crippen LogP contribution in [0.15, 0.2) is 23.5 Å². The molecule has 0 aromatic carbocycles. The van der Waals surface area contributed by atoms with Crippen LogP contribution >= 0.6 is 0 Å². The lowest BCUT2D eigenvalue weighted by molar-refractivity contribution is 0.201. The predicted octanol–water partition coefficient (Wildman–Crippen LogP) is -0.00690. The number of rotatable bonds is 4. The molecule has 0 aliphatic carbocycles. The van der Waals surface area contributed by atoms with Crippen molar-refractivity contribution in [1.29, 1.82) is 0 Å². The second-order valence-corrected chi connectivity index (χ2v) is 3.62. The summed E-state index contributed by atoms with van der Waals surface area (Å²) in [5.41, 5.74) is 5.96. The molecule has 0 saturated carbocycles. The molecule has 6 heteroatoms. The highest BCUT2D eigenvalue weighted by Gasteiger charge is 2.06. The van der Waals surface area contributed by atoms with Gasteiger partial charge >= 0.3 is 0 Å². The minimum Gasteiger partial charge on any atom is -0.409 e. The zero-order valence-electron chi connectivity index (χ0n) is 9.33. The van der Waals surface area contributed by atoms with E-state index in [2.05, 4.69) is 10.1 Å². The Hall–Kier alpha value is -1.82. The van der Waals surface area contributed by atoms with E-state index >= 15 is 0 Å². The molecule has 88 valence electrons. The number of aliphatic hydroxyl groups excluding tert-OH is 1. The molecule has 6 nitrogen and oxygen atoms in total. The fourth-order valence-electron chi connectivity index (χ4n) is 1.31. The zero-order chi connectivity index (χ0) is 12.1. The molecule has 1 rings (SSSR count). The van der Waals surface area contributed by atoms with Crippen molar-refractivity contribution in [3.63, 3.8) is 0 Å². The Balaban J connectivity index is 2.78. The number of amidine groups is 1. The highest BCUT2D eigenvalue weighted by atomic mass is 16.4. The van der Waals surface area contributed by atoms with Gasteiger partial charge in [0.15, 0.2) is 5.84 Å². The van der Waals surface area contributed by atoms with Crippen molar-refractivity contribution in [2.75, 3.05) is 18.5 Å². The fraction of sp³-hybridized carbons (Fsp3) is 0.400. The van der Waals surface area contributed by atoms with E-state index < -0.39 is 6.10 Å². The average Bonchev–Trinajstić information content (AvgIpc) is 2.27. The van der Waals surface area contributed by atoms with Crippen molar-refractivity contribution in [1.82, 2.24) is 4.98 Å². The van der Waals surface area contributed by atoms with E-state index in [0.29, 0.717) is 12.1 Å². The number of likely N-dealkylation sites (N-methyl/N-ethyl adjacent to an activating group) is 1. The SMILES string of the molecule is CC(O)CN(C)c1ccc(C(N)=NO)cn1. The second kappa shape index (κ2) is 5.32. The third-order valence-corrected chi connectivity index (χ3v) is 2.08. The maximum atomic E-state index is 9.22. The highest BCUT2D eigenvalue weighted by Crippen LogP contribution is 2.09. The first-order chi connectivity index (χ1) is 7.54.